The van der Waals surface area contributed by atoms with Crippen LogP contribution in [0.25, 0.3) is 0 Å². The Morgan fingerprint density at radius 3 is 2.35 bits per heavy atom. The van der Waals surface area contributed by atoms with E-state index >= 15 is 0 Å². The molecule has 2 unspecified atom stereocenters. The van der Waals surface area contributed by atoms with Gasteiger partial charge >= 0.3 is 0 Å². The predicted molar refractivity (Wildman–Crippen MR) is 71.2 cm³/mol. The van der Waals surface area contributed by atoms with E-state index in [2.05, 4.69) is 4.72 Å². The summed E-state index contributed by atoms with van der Waals surface area (Å²) in [5, 5.41) is 0. The first-order valence-electron chi connectivity index (χ1n) is 6.45. The molecule has 2 atom stereocenters. The fourth-order valence-corrected chi connectivity index (χ4v) is 4.30. The third-order valence-corrected chi connectivity index (χ3v) is 4.93. The van der Waals surface area contributed by atoms with Gasteiger partial charge in [-0.3, -0.25) is 0 Å². The zero-order chi connectivity index (χ0) is 13.1. The van der Waals surface area contributed by atoms with Crippen molar-refractivity contribution in [3.8, 4) is 0 Å². The Hall–Kier alpha value is -0.130. The highest BCUT2D eigenvalue weighted by Gasteiger charge is 2.28. The van der Waals surface area contributed by atoms with Crippen LogP contribution in [0, 0.1) is 5.41 Å². The molecule has 0 bridgehead atoms. The lowest BCUT2D eigenvalue weighted by Gasteiger charge is -2.25. The molecule has 5 heteroatoms. The van der Waals surface area contributed by atoms with Gasteiger partial charge in [0.1, 0.15) is 0 Å². The van der Waals surface area contributed by atoms with E-state index in [1.807, 2.05) is 20.8 Å². The van der Waals surface area contributed by atoms with Crippen molar-refractivity contribution in [3.63, 3.8) is 0 Å². The second kappa shape index (κ2) is 5.67. The molecule has 1 aliphatic carbocycles. The van der Waals surface area contributed by atoms with E-state index in [1.165, 1.54) is 0 Å². The normalized spacial score (nSPS) is 27.8. The Labute approximate surface area is 105 Å². The molecule has 4 nitrogen and oxygen atoms in total. The van der Waals surface area contributed by atoms with Crippen molar-refractivity contribution >= 4 is 10.0 Å². The molecule has 1 saturated carbocycles. The van der Waals surface area contributed by atoms with Crippen molar-refractivity contribution in [1.29, 1.82) is 0 Å². The van der Waals surface area contributed by atoms with Gasteiger partial charge in [-0.25, -0.2) is 13.1 Å². The zero-order valence-electron chi connectivity index (χ0n) is 11.2. The highest BCUT2D eigenvalue weighted by Crippen LogP contribution is 2.20. The number of sulfonamides is 1. The van der Waals surface area contributed by atoms with Crippen LogP contribution in [0.4, 0.5) is 0 Å². The molecular formula is C12H26N2O2S. The molecule has 0 aromatic rings. The highest BCUT2D eigenvalue weighted by molar-refractivity contribution is 7.89. The molecule has 17 heavy (non-hydrogen) atoms. The van der Waals surface area contributed by atoms with E-state index in [0.29, 0.717) is 0 Å². The monoisotopic (exact) mass is 262 g/mol. The lowest BCUT2D eigenvalue weighted by Crippen LogP contribution is -2.48. The number of nitrogens with one attached hydrogen (secondary N) is 1. The lowest BCUT2D eigenvalue weighted by molar-refractivity contribution is 0.432. The average molecular weight is 262 g/mol. The molecular weight excluding hydrogens is 236 g/mol. The van der Waals surface area contributed by atoms with E-state index in [1.54, 1.807) is 0 Å². The van der Waals surface area contributed by atoms with Crippen molar-refractivity contribution in [2.24, 2.45) is 11.1 Å². The Kier molecular flexibility index (Phi) is 4.98. The van der Waals surface area contributed by atoms with Crippen LogP contribution in [0.3, 0.4) is 0 Å². The Morgan fingerprint density at radius 2 is 1.76 bits per heavy atom. The van der Waals surface area contributed by atoms with Crippen LogP contribution in [0.5, 0.6) is 0 Å². The molecule has 0 aliphatic heterocycles. The number of nitrogens with two attached hydrogens (primary N) is 1. The topological polar surface area (TPSA) is 72.2 Å². The van der Waals surface area contributed by atoms with Gasteiger partial charge in [-0.05, 0) is 18.3 Å². The van der Waals surface area contributed by atoms with Gasteiger partial charge in [0.25, 0.3) is 0 Å². The summed E-state index contributed by atoms with van der Waals surface area (Å²) in [5.74, 6) is 0.156. The standard InChI is InChI=1S/C12H26N2O2S/c1-12(2,3)9-17(15,16)14-11-8-6-4-5-7-10(11)13/h10-11,14H,4-9,13H2,1-3H3. The molecule has 1 aliphatic rings. The fraction of sp³-hybridized carbons (Fsp3) is 1.00. The minimum absolute atomic E-state index is 0.0350. The third kappa shape index (κ3) is 5.84. The summed E-state index contributed by atoms with van der Waals surface area (Å²) in [6.45, 7) is 5.79. The number of rotatable bonds is 3. The summed E-state index contributed by atoms with van der Waals surface area (Å²) in [5.41, 5.74) is 5.80. The van der Waals surface area contributed by atoms with Gasteiger partial charge in [0.2, 0.25) is 10.0 Å². The molecule has 0 aromatic carbocycles. The van der Waals surface area contributed by atoms with Gasteiger partial charge in [-0.2, -0.15) is 0 Å². The van der Waals surface area contributed by atoms with Crippen LogP contribution >= 0.6 is 0 Å². The third-order valence-electron chi connectivity index (χ3n) is 3.02. The van der Waals surface area contributed by atoms with Gasteiger partial charge in [-0.15, -0.1) is 0 Å². The van der Waals surface area contributed by atoms with E-state index in [0.717, 1.165) is 32.1 Å². The first-order chi connectivity index (χ1) is 7.70. The minimum atomic E-state index is -3.22. The first-order valence-corrected chi connectivity index (χ1v) is 8.10. The predicted octanol–water partition coefficient (Wildman–Crippen LogP) is 1.61. The maximum absolute atomic E-state index is 12.0. The van der Waals surface area contributed by atoms with Gasteiger partial charge in [-0.1, -0.05) is 40.0 Å². The molecule has 102 valence electrons. The summed E-state index contributed by atoms with van der Waals surface area (Å²) in [6.07, 6.45) is 5.12. The van der Waals surface area contributed by atoms with Gasteiger partial charge in [0.05, 0.1) is 5.75 Å². The van der Waals surface area contributed by atoms with E-state index in [-0.39, 0.29) is 23.3 Å². The Morgan fingerprint density at radius 1 is 1.18 bits per heavy atom. The van der Waals surface area contributed by atoms with Crippen molar-refractivity contribution in [2.45, 2.75) is 65.0 Å². The molecule has 1 fully saturated rings. The summed E-state index contributed by atoms with van der Waals surface area (Å²) in [4.78, 5) is 0. The van der Waals surface area contributed by atoms with E-state index in [4.69, 9.17) is 5.73 Å². The summed E-state index contributed by atoms with van der Waals surface area (Å²) in [6, 6.07) is -0.114. The van der Waals surface area contributed by atoms with Crippen LogP contribution in [-0.4, -0.2) is 26.3 Å². The van der Waals surface area contributed by atoms with E-state index < -0.39 is 10.0 Å². The molecule has 0 amide bonds. The molecule has 0 spiro atoms. The Bertz CT molecular complexity index is 333. The van der Waals surface area contributed by atoms with Gasteiger partial charge in [0, 0.05) is 12.1 Å². The van der Waals surface area contributed by atoms with Crippen molar-refractivity contribution in [3.05, 3.63) is 0 Å². The fourth-order valence-electron chi connectivity index (χ4n) is 2.33. The molecule has 3 N–H and O–H groups in total. The molecule has 1 rings (SSSR count). The van der Waals surface area contributed by atoms with Crippen LogP contribution in [-0.2, 0) is 10.0 Å². The first kappa shape index (κ1) is 14.9. The summed E-state index contributed by atoms with van der Waals surface area (Å²) in [7, 11) is -3.22. The molecule has 0 saturated heterocycles. The zero-order valence-corrected chi connectivity index (χ0v) is 12.0. The second-order valence-corrected chi connectivity index (χ2v) is 8.10. The molecule has 0 heterocycles. The highest BCUT2D eigenvalue weighted by atomic mass is 32.2. The van der Waals surface area contributed by atoms with Crippen LogP contribution in [0.1, 0.15) is 52.9 Å². The summed E-state index contributed by atoms with van der Waals surface area (Å²) < 4.78 is 26.8. The van der Waals surface area contributed by atoms with Crippen molar-refractivity contribution in [1.82, 2.24) is 4.72 Å². The quantitative estimate of drug-likeness (QED) is 0.759. The smallest absolute Gasteiger partial charge is 0.212 e. The Balaban J connectivity index is 2.62. The van der Waals surface area contributed by atoms with Gasteiger partial charge < -0.3 is 5.73 Å². The van der Waals surface area contributed by atoms with E-state index in [9.17, 15) is 8.42 Å². The lowest BCUT2D eigenvalue weighted by atomic mass is 10.0. The van der Waals surface area contributed by atoms with Gasteiger partial charge in [0.15, 0.2) is 0 Å². The second-order valence-electron chi connectivity index (χ2n) is 6.35. The largest absolute Gasteiger partial charge is 0.326 e. The maximum atomic E-state index is 12.0. The van der Waals surface area contributed by atoms with Crippen LogP contribution in [0.15, 0.2) is 0 Å². The molecule has 0 aromatic heterocycles. The van der Waals surface area contributed by atoms with Crippen molar-refractivity contribution in [2.75, 3.05) is 5.75 Å². The van der Waals surface area contributed by atoms with Crippen molar-refractivity contribution < 1.29 is 8.42 Å². The number of hydrogen-bond donors (Lipinski definition) is 2. The number of hydrogen-bond acceptors (Lipinski definition) is 3. The van der Waals surface area contributed by atoms with Crippen LogP contribution in [0.2, 0.25) is 0 Å². The SMILES string of the molecule is CC(C)(C)CS(=O)(=O)NC1CCCCCC1N. The molecule has 0 radical (unpaired) electrons. The average Bonchev–Trinajstić information content (AvgIpc) is 2.27. The van der Waals surface area contributed by atoms with Crippen LogP contribution < -0.4 is 10.5 Å². The maximum Gasteiger partial charge on any atom is 0.212 e. The summed E-state index contributed by atoms with van der Waals surface area (Å²) >= 11 is 0. The minimum Gasteiger partial charge on any atom is -0.326 e.